The first kappa shape index (κ1) is 21.0. The minimum absolute atomic E-state index is 0.0920. The van der Waals surface area contributed by atoms with E-state index in [2.05, 4.69) is 26.6 Å². The van der Waals surface area contributed by atoms with Gasteiger partial charge < -0.3 is 30.1 Å². The van der Waals surface area contributed by atoms with E-state index >= 15 is 0 Å². The summed E-state index contributed by atoms with van der Waals surface area (Å²) in [6.07, 6.45) is 1.67. The van der Waals surface area contributed by atoms with Crippen molar-refractivity contribution in [3.05, 3.63) is 54.2 Å². The van der Waals surface area contributed by atoms with Crippen molar-refractivity contribution in [1.29, 1.82) is 0 Å². The molecule has 0 bridgehead atoms. The van der Waals surface area contributed by atoms with Crippen molar-refractivity contribution in [3.8, 4) is 5.75 Å². The first-order chi connectivity index (χ1) is 16.1. The Morgan fingerprint density at radius 2 is 1.82 bits per heavy atom. The second-order valence-electron chi connectivity index (χ2n) is 8.09. The maximum absolute atomic E-state index is 13.0. The Labute approximate surface area is 193 Å². The quantitative estimate of drug-likeness (QED) is 0.634. The fourth-order valence-corrected chi connectivity index (χ4v) is 4.28. The molecule has 3 aromatic rings. The van der Waals surface area contributed by atoms with E-state index < -0.39 is 0 Å². The van der Waals surface area contributed by atoms with Gasteiger partial charge in [0.15, 0.2) is 5.82 Å². The van der Waals surface area contributed by atoms with Gasteiger partial charge in [0.05, 0.1) is 30.2 Å². The molecule has 2 aliphatic rings. The Kier molecular flexibility index (Phi) is 5.47. The Morgan fingerprint density at radius 1 is 1.03 bits per heavy atom. The second-order valence-corrected chi connectivity index (χ2v) is 8.09. The summed E-state index contributed by atoms with van der Waals surface area (Å²) in [5.41, 5.74) is 3.97. The maximum atomic E-state index is 13.0. The zero-order valence-electron chi connectivity index (χ0n) is 19.0. The van der Waals surface area contributed by atoms with Crippen molar-refractivity contribution >= 4 is 40.4 Å². The van der Waals surface area contributed by atoms with Crippen molar-refractivity contribution < 1.29 is 9.53 Å². The molecule has 9 nitrogen and oxygen atoms in total. The van der Waals surface area contributed by atoms with Crippen LogP contribution in [0.25, 0.3) is 0 Å². The third kappa shape index (κ3) is 3.80. The van der Waals surface area contributed by atoms with Crippen molar-refractivity contribution in [2.75, 3.05) is 67.4 Å². The molecule has 1 amide bonds. The number of amides is 1. The monoisotopic (exact) mass is 445 g/mol. The minimum atomic E-state index is -0.0920. The van der Waals surface area contributed by atoms with Crippen LogP contribution in [0.2, 0.25) is 0 Å². The molecule has 0 aliphatic carbocycles. The van der Waals surface area contributed by atoms with E-state index in [0.29, 0.717) is 23.0 Å². The van der Waals surface area contributed by atoms with Crippen LogP contribution in [-0.4, -0.2) is 63.3 Å². The van der Waals surface area contributed by atoms with Crippen molar-refractivity contribution in [2.45, 2.75) is 0 Å². The molecule has 2 aliphatic heterocycles. The summed E-state index contributed by atoms with van der Waals surface area (Å²) < 4.78 is 5.66. The van der Waals surface area contributed by atoms with Gasteiger partial charge in [-0.15, -0.1) is 0 Å². The molecular formula is C24H27N7O2. The van der Waals surface area contributed by atoms with Crippen LogP contribution in [0, 0.1) is 0 Å². The fraction of sp³-hybridized carbons (Fsp3) is 0.292. The van der Waals surface area contributed by atoms with Crippen LogP contribution in [0.5, 0.6) is 5.75 Å². The van der Waals surface area contributed by atoms with Crippen molar-refractivity contribution in [1.82, 2.24) is 15.3 Å². The van der Waals surface area contributed by atoms with Crippen LogP contribution >= 0.6 is 0 Å². The fourth-order valence-electron chi connectivity index (χ4n) is 4.28. The number of anilines is 6. The molecule has 0 unspecified atom stereocenters. The number of fused-ring (bicyclic) bond motifs is 2. The number of hydrogen-bond donors (Lipinski definition) is 2. The van der Waals surface area contributed by atoms with Crippen LogP contribution in [-0.2, 0) is 0 Å². The lowest BCUT2D eigenvalue weighted by molar-refractivity contribution is 0.0994. The average Bonchev–Trinajstić information content (AvgIpc) is 2.94. The Bertz CT molecular complexity index is 1190. The lowest BCUT2D eigenvalue weighted by Gasteiger charge is -2.30. The molecule has 1 saturated heterocycles. The summed E-state index contributed by atoms with van der Waals surface area (Å²) in [5, 5.41) is 6.66. The normalized spacial score (nSPS) is 15.6. The lowest BCUT2D eigenvalue weighted by atomic mass is 10.1. The van der Waals surface area contributed by atoms with Gasteiger partial charge in [0.2, 0.25) is 5.95 Å². The third-order valence-corrected chi connectivity index (χ3v) is 6.14. The molecule has 2 N–H and O–H groups in total. The summed E-state index contributed by atoms with van der Waals surface area (Å²) in [5.74, 6) is 1.69. The topological polar surface area (TPSA) is 85.9 Å². The Hall–Kier alpha value is -3.85. The van der Waals surface area contributed by atoms with Crippen molar-refractivity contribution in [2.24, 2.45) is 0 Å². The molecule has 9 heteroatoms. The number of piperazine rings is 1. The van der Waals surface area contributed by atoms with Crippen LogP contribution in [0.3, 0.4) is 0 Å². The Morgan fingerprint density at radius 3 is 2.61 bits per heavy atom. The molecule has 170 valence electrons. The zero-order chi connectivity index (χ0) is 22.9. The van der Waals surface area contributed by atoms with E-state index in [1.165, 1.54) is 0 Å². The van der Waals surface area contributed by atoms with Gasteiger partial charge in [-0.3, -0.25) is 4.79 Å². The molecule has 2 aromatic carbocycles. The number of benzene rings is 2. The molecule has 0 saturated carbocycles. The van der Waals surface area contributed by atoms with Crippen LogP contribution in [0.1, 0.15) is 10.4 Å². The van der Waals surface area contributed by atoms with Gasteiger partial charge in [0.25, 0.3) is 5.91 Å². The van der Waals surface area contributed by atoms with Gasteiger partial charge in [-0.1, -0.05) is 12.1 Å². The predicted octanol–water partition coefficient (Wildman–Crippen LogP) is 3.00. The van der Waals surface area contributed by atoms with Gasteiger partial charge in [0.1, 0.15) is 11.4 Å². The average molecular weight is 446 g/mol. The highest BCUT2D eigenvalue weighted by molar-refractivity contribution is 6.13. The summed E-state index contributed by atoms with van der Waals surface area (Å²) >= 11 is 0. The molecule has 0 spiro atoms. The number of hydrogen-bond acceptors (Lipinski definition) is 8. The summed E-state index contributed by atoms with van der Waals surface area (Å²) in [7, 11) is 5.31. The smallest absolute Gasteiger partial charge is 0.260 e. The number of carbonyl (C=O) groups excluding carboxylic acids is 1. The molecule has 33 heavy (non-hydrogen) atoms. The Balaban J connectivity index is 1.47. The van der Waals surface area contributed by atoms with E-state index in [9.17, 15) is 4.79 Å². The van der Waals surface area contributed by atoms with Gasteiger partial charge in [-0.05, 0) is 24.3 Å². The van der Waals surface area contributed by atoms with Crippen LogP contribution in [0.15, 0.2) is 48.7 Å². The van der Waals surface area contributed by atoms with Gasteiger partial charge in [0, 0.05) is 52.0 Å². The molecule has 5 rings (SSSR count). The van der Waals surface area contributed by atoms with Crippen LogP contribution < -0.4 is 30.1 Å². The first-order valence-corrected chi connectivity index (χ1v) is 11.0. The molecular weight excluding hydrogens is 418 g/mol. The largest absolute Gasteiger partial charge is 0.494 e. The summed E-state index contributed by atoms with van der Waals surface area (Å²) in [6, 6.07) is 13.6. The number of nitrogens with zero attached hydrogens (tertiary/aromatic N) is 5. The number of carbonyl (C=O) groups is 1. The maximum Gasteiger partial charge on any atom is 0.260 e. The molecule has 0 radical (unpaired) electrons. The molecule has 0 atom stereocenters. The first-order valence-electron chi connectivity index (χ1n) is 11.0. The number of methoxy groups -OCH3 is 1. The van der Waals surface area contributed by atoms with E-state index in [4.69, 9.17) is 9.72 Å². The molecule has 1 fully saturated rings. The van der Waals surface area contributed by atoms with Crippen molar-refractivity contribution in [3.63, 3.8) is 0 Å². The molecule has 3 heterocycles. The number of aromatic nitrogens is 2. The third-order valence-electron chi connectivity index (χ3n) is 6.14. The standard InChI is InChI=1S/C24H27N7O2/c1-29-19-7-5-4-6-17(19)23(32)30(2)20-15-26-24(28-22(20)29)27-18-9-8-16(14-21(18)33-3)31-12-10-25-11-13-31/h4-9,14-15,25H,10-13H2,1-3H3,(H,26,27,28). The van der Waals surface area contributed by atoms with Crippen LogP contribution in [0.4, 0.5) is 34.5 Å². The highest BCUT2D eigenvalue weighted by atomic mass is 16.5. The zero-order valence-corrected chi connectivity index (χ0v) is 19.0. The minimum Gasteiger partial charge on any atom is -0.494 e. The SMILES string of the molecule is COc1cc(N2CCNCC2)ccc1Nc1ncc2c(n1)N(C)c1ccccc1C(=O)N2C. The van der Waals surface area contributed by atoms with Gasteiger partial charge in [-0.25, -0.2) is 4.98 Å². The van der Waals surface area contributed by atoms with Gasteiger partial charge >= 0.3 is 0 Å². The summed E-state index contributed by atoms with van der Waals surface area (Å²) in [4.78, 5) is 28.1. The van der Waals surface area contributed by atoms with E-state index in [-0.39, 0.29) is 5.91 Å². The van der Waals surface area contributed by atoms with E-state index in [1.807, 2.05) is 48.3 Å². The van der Waals surface area contributed by atoms with Gasteiger partial charge in [-0.2, -0.15) is 4.98 Å². The lowest BCUT2D eigenvalue weighted by Crippen LogP contribution is -2.43. The highest BCUT2D eigenvalue weighted by Gasteiger charge is 2.28. The number of rotatable bonds is 4. The highest BCUT2D eigenvalue weighted by Crippen LogP contribution is 2.38. The molecule has 1 aromatic heterocycles. The second kappa shape index (κ2) is 8.59. The number of ether oxygens (including phenoxy) is 1. The van der Waals surface area contributed by atoms with E-state index in [1.54, 1.807) is 25.3 Å². The predicted molar refractivity (Wildman–Crippen MR) is 131 cm³/mol. The van der Waals surface area contributed by atoms with E-state index in [0.717, 1.165) is 49.0 Å². The summed E-state index contributed by atoms with van der Waals surface area (Å²) in [6.45, 7) is 3.87. The number of para-hydroxylation sites is 1. The number of nitrogens with one attached hydrogen (secondary N) is 2.